The van der Waals surface area contributed by atoms with Crippen LogP contribution in [0.4, 0.5) is 15.8 Å². The van der Waals surface area contributed by atoms with E-state index in [-0.39, 0.29) is 16.9 Å². The van der Waals surface area contributed by atoms with Gasteiger partial charge in [-0.3, -0.25) is 4.79 Å². The maximum Gasteiger partial charge on any atom is 0.258 e. The highest BCUT2D eigenvalue weighted by molar-refractivity contribution is 9.10. The lowest BCUT2D eigenvalue weighted by Crippen LogP contribution is -2.15. The third-order valence-corrected chi connectivity index (χ3v) is 3.39. The van der Waals surface area contributed by atoms with Crippen LogP contribution in [0.2, 0.25) is 0 Å². The highest BCUT2D eigenvalue weighted by Gasteiger charge is 2.16. The largest absolute Gasteiger partial charge is 0.495 e. The van der Waals surface area contributed by atoms with E-state index in [1.165, 1.54) is 19.2 Å². The summed E-state index contributed by atoms with van der Waals surface area (Å²) < 4.78 is 19.2. The van der Waals surface area contributed by atoms with Gasteiger partial charge in [-0.05, 0) is 40.2 Å². The topological polar surface area (TPSA) is 64.3 Å². The molecule has 0 aliphatic rings. The van der Waals surface area contributed by atoms with Crippen LogP contribution in [-0.2, 0) is 0 Å². The van der Waals surface area contributed by atoms with Gasteiger partial charge in [0.25, 0.3) is 5.91 Å². The van der Waals surface area contributed by atoms with Crippen molar-refractivity contribution < 1.29 is 13.9 Å². The van der Waals surface area contributed by atoms with Gasteiger partial charge >= 0.3 is 0 Å². The van der Waals surface area contributed by atoms with Crippen molar-refractivity contribution >= 4 is 33.2 Å². The fraction of sp³-hybridized carbons (Fsp3) is 0.0714. The number of anilines is 2. The molecule has 0 radical (unpaired) electrons. The minimum absolute atomic E-state index is 0.0692. The second-order valence-corrected chi connectivity index (χ2v) is 4.83. The monoisotopic (exact) mass is 338 g/mol. The molecule has 0 aromatic heterocycles. The molecule has 1 amide bonds. The van der Waals surface area contributed by atoms with Crippen molar-refractivity contribution in [3.63, 3.8) is 0 Å². The molecule has 3 N–H and O–H groups in total. The molecule has 4 nitrogen and oxygen atoms in total. The van der Waals surface area contributed by atoms with E-state index in [9.17, 15) is 9.18 Å². The van der Waals surface area contributed by atoms with Crippen LogP contribution in [-0.4, -0.2) is 13.0 Å². The van der Waals surface area contributed by atoms with Crippen molar-refractivity contribution in [1.29, 1.82) is 0 Å². The van der Waals surface area contributed by atoms with Gasteiger partial charge in [-0.1, -0.05) is 12.1 Å². The van der Waals surface area contributed by atoms with Crippen molar-refractivity contribution in [2.45, 2.75) is 0 Å². The molecule has 0 aliphatic carbocycles. The SMILES string of the molecule is COc1cccc(C(=O)Nc2c(F)cccc2Br)c1N. The van der Waals surface area contributed by atoms with Crippen LogP contribution in [0.1, 0.15) is 10.4 Å². The normalized spacial score (nSPS) is 10.2. The Morgan fingerprint density at radius 1 is 1.30 bits per heavy atom. The van der Waals surface area contributed by atoms with Crippen molar-refractivity contribution in [1.82, 2.24) is 0 Å². The molecule has 0 unspecified atom stereocenters. The van der Waals surface area contributed by atoms with Gasteiger partial charge in [0.05, 0.1) is 24.0 Å². The van der Waals surface area contributed by atoms with Gasteiger partial charge in [0.1, 0.15) is 11.6 Å². The molecule has 0 atom stereocenters. The highest BCUT2D eigenvalue weighted by Crippen LogP contribution is 2.28. The van der Waals surface area contributed by atoms with E-state index in [0.29, 0.717) is 10.2 Å². The number of hydrogen-bond donors (Lipinski definition) is 2. The predicted molar refractivity (Wildman–Crippen MR) is 79.5 cm³/mol. The van der Waals surface area contributed by atoms with Gasteiger partial charge in [0.15, 0.2) is 0 Å². The lowest BCUT2D eigenvalue weighted by molar-refractivity contribution is 0.102. The molecule has 0 saturated heterocycles. The number of rotatable bonds is 3. The van der Waals surface area contributed by atoms with E-state index in [2.05, 4.69) is 21.2 Å². The second kappa shape index (κ2) is 5.92. The number of nitrogens with one attached hydrogen (secondary N) is 1. The Labute approximate surface area is 123 Å². The zero-order valence-electron chi connectivity index (χ0n) is 10.6. The first-order valence-corrected chi connectivity index (χ1v) is 6.51. The number of carbonyl (C=O) groups excluding carboxylic acids is 1. The zero-order valence-corrected chi connectivity index (χ0v) is 12.2. The molecule has 104 valence electrons. The lowest BCUT2D eigenvalue weighted by atomic mass is 10.1. The van der Waals surface area contributed by atoms with E-state index in [0.717, 1.165) is 0 Å². The summed E-state index contributed by atoms with van der Waals surface area (Å²) in [6, 6.07) is 9.26. The summed E-state index contributed by atoms with van der Waals surface area (Å²) in [5, 5.41) is 2.49. The molecule has 20 heavy (non-hydrogen) atoms. The van der Waals surface area contributed by atoms with Crippen molar-refractivity contribution in [3.8, 4) is 5.75 Å². The van der Waals surface area contributed by atoms with Crippen LogP contribution in [0.15, 0.2) is 40.9 Å². The minimum Gasteiger partial charge on any atom is -0.495 e. The molecular weight excluding hydrogens is 327 g/mol. The first-order valence-electron chi connectivity index (χ1n) is 5.72. The van der Waals surface area contributed by atoms with Crippen molar-refractivity contribution in [3.05, 3.63) is 52.3 Å². The molecule has 0 aliphatic heterocycles. The van der Waals surface area contributed by atoms with Gasteiger partial charge in [-0.25, -0.2) is 4.39 Å². The number of para-hydroxylation sites is 2. The fourth-order valence-electron chi connectivity index (χ4n) is 1.72. The summed E-state index contributed by atoms with van der Waals surface area (Å²) in [6.45, 7) is 0. The van der Waals surface area contributed by atoms with Gasteiger partial charge in [0.2, 0.25) is 0 Å². The van der Waals surface area contributed by atoms with E-state index >= 15 is 0 Å². The minimum atomic E-state index is -0.533. The van der Waals surface area contributed by atoms with Crippen molar-refractivity contribution in [2.75, 3.05) is 18.2 Å². The maximum absolute atomic E-state index is 13.7. The van der Waals surface area contributed by atoms with E-state index < -0.39 is 11.7 Å². The van der Waals surface area contributed by atoms with Gasteiger partial charge in [-0.15, -0.1) is 0 Å². The summed E-state index contributed by atoms with van der Waals surface area (Å²) in [7, 11) is 1.46. The van der Waals surface area contributed by atoms with Crippen LogP contribution < -0.4 is 15.8 Å². The molecule has 6 heteroatoms. The zero-order chi connectivity index (χ0) is 14.7. The summed E-state index contributed by atoms with van der Waals surface area (Å²) >= 11 is 3.18. The molecule has 0 saturated carbocycles. The van der Waals surface area contributed by atoms with E-state index in [4.69, 9.17) is 10.5 Å². The Balaban J connectivity index is 2.34. The molecule has 0 heterocycles. The van der Waals surface area contributed by atoms with Crippen LogP contribution in [0.25, 0.3) is 0 Å². The summed E-state index contributed by atoms with van der Waals surface area (Å²) in [4.78, 5) is 12.2. The lowest BCUT2D eigenvalue weighted by Gasteiger charge is -2.11. The number of methoxy groups -OCH3 is 1. The number of benzene rings is 2. The molecule has 0 bridgehead atoms. The number of hydrogen-bond acceptors (Lipinski definition) is 3. The standard InChI is InChI=1S/C14H12BrFN2O2/c1-20-11-7-2-4-8(12(11)17)14(19)18-13-9(15)5-3-6-10(13)16/h2-7H,17H2,1H3,(H,18,19). The third kappa shape index (κ3) is 2.75. The second-order valence-electron chi connectivity index (χ2n) is 3.97. The van der Waals surface area contributed by atoms with Gasteiger partial charge in [-0.2, -0.15) is 0 Å². The quantitative estimate of drug-likeness (QED) is 0.842. The number of carbonyl (C=O) groups is 1. The molecule has 2 aromatic carbocycles. The third-order valence-electron chi connectivity index (χ3n) is 2.73. The van der Waals surface area contributed by atoms with Crippen LogP contribution in [0.5, 0.6) is 5.75 Å². The number of halogens is 2. The maximum atomic E-state index is 13.7. The summed E-state index contributed by atoms with van der Waals surface area (Å²) in [5.74, 6) is -0.647. The molecule has 2 aromatic rings. The van der Waals surface area contributed by atoms with Crippen LogP contribution >= 0.6 is 15.9 Å². The Hall–Kier alpha value is -2.08. The van der Waals surface area contributed by atoms with Crippen molar-refractivity contribution in [2.24, 2.45) is 0 Å². The molecule has 2 rings (SSSR count). The Morgan fingerprint density at radius 2 is 2.00 bits per heavy atom. The van der Waals surface area contributed by atoms with Gasteiger partial charge < -0.3 is 15.8 Å². The average molecular weight is 339 g/mol. The first kappa shape index (κ1) is 14.3. The van der Waals surface area contributed by atoms with Gasteiger partial charge in [0, 0.05) is 4.47 Å². The summed E-state index contributed by atoms with van der Waals surface area (Å²) in [6.07, 6.45) is 0. The predicted octanol–water partition coefficient (Wildman–Crippen LogP) is 3.43. The first-order chi connectivity index (χ1) is 9.54. The molecule has 0 spiro atoms. The molecule has 0 fully saturated rings. The Morgan fingerprint density at radius 3 is 2.65 bits per heavy atom. The van der Waals surface area contributed by atoms with E-state index in [1.54, 1.807) is 24.3 Å². The van der Waals surface area contributed by atoms with E-state index in [1.807, 2.05) is 0 Å². The number of nitrogens with two attached hydrogens (primary N) is 1. The highest BCUT2D eigenvalue weighted by atomic mass is 79.9. The average Bonchev–Trinajstić information content (AvgIpc) is 2.43. The Bertz CT molecular complexity index is 641. The summed E-state index contributed by atoms with van der Waals surface area (Å²) in [5.41, 5.74) is 6.33. The smallest absolute Gasteiger partial charge is 0.258 e. The Kier molecular flexibility index (Phi) is 4.24. The fourth-order valence-corrected chi connectivity index (χ4v) is 2.16. The number of nitrogen functional groups attached to an aromatic ring is 1. The number of amides is 1. The molecular formula is C14H12BrFN2O2. The van der Waals surface area contributed by atoms with Crippen LogP contribution in [0, 0.1) is 5.82 Å². The van der Waals surface area contributed by atoms with Crippen LogP contribution in [0.3, 0.4) is 0 Å². The number of ether oxygens (including phenoxy) is 1.